The van der Waals surface area contributed by atoms with Crippen molar-refractivity contribution in [3.8, 4) is 11.1 Å². The van der Waals surface area contributed by atoms with Crippen LogP contribution in [-0.4, -0.2) is 39.4 Å². The maximum atomic E-state index is 12.9. The topological polar surface area (TPSA) is 93.0 Å². The number of aromatic nitrogens is 2. The monoisotopic (exact) mass is 402 g/mol. The SMILES string of the molecule is C=C(NC(=O)C(=C)N1Cc2c(cccc2-c2ccn3nccc3c2)C1=O)C(=O)OC. The van der Waals surface area contributed by atoms with Crippen LogP contribution in [0, 0.1) is 0 Å². The van der Waals surface area contributed by atoms with Crippen molar-refractivity contribution < 1.29 is 19.1 Å². The van der Waals surface area contributed by atoms with Crippen LogP contribution < -0.4 is 5.32 Å². The van der Waals surface area contributed by atoms with E-state index in [1.54, 1.807) is 22.8 Å². The Balaban J connectivity index is 1.62. The number of carbonyl (C=O) groups is 3. The Hall–Kier alpha value is -4.20. The first-order chi connectivity index (χ1) is 14.4. The summed E-state index contributed by atoms with van der Waals surface area (Å²) in [4.78, 5) is 38.1. The summed E-state index contributed by atoms with van der Waals surface area (Å²) in [7, 11) is 1.18. The Bertz CT molecular complexity index is 1240. The normalized spacial score (nSPS) is 12.6. The molecule has 8 heteroatoms. The van der Waals surface area contributed by atoms with Crippen LogP contribution in [-0.2, 0) is 20.9 Å². The molecule has 1 N–H and O–H groups in total. The first kappa shape index (κ1) is 19.1. The molecule has 0 fully saturated rings. The number of ether oxygens (including phenoxy) is 1. The van der Waals surface area contributed by atoms with E-state index in [2.05, 4.69) is 28.3 Å². The number of methoxy groups -OCH3 is 1. The molecular formula is C22H18N4O4. The highest BCUT2D eigenvalue weighted by Crippen LogP contribution is 2.34. The minimum atomic E-state index is -0.773. The summed E-state index contributed by atoms with van der Waals surface area (Å²) < 4.78 is 6.26. The average Bonchev–Trinajstić information content (AvgIpc) is 3.36. The summed E-state index contributed by atoms with van der Waals surface area (Å²) in [6.45, 7) is 7.37. The summed E-state index contributed by atoms with van der Waals surface area (Å²) in [6, 6.07) is 11.3. The minimum absolute atomic E-state index is 0.0848. The van der Waals surface area contributed by atoms with Gasteiger partial charge in [-0.25, -0.2) is 9.31 Å². The molecule has 0 saturated carbocycles. The summed E-state index contributed by atoms with van der Waals surface area (Å²) in [5, 5.41) is 6.50. The largest absolute Gasteiger partial charge is 0.464 e. The van der Waals surface area contributed by atoms with E-state index >= 15 is 0 Å². The molecule has 4 rings (SSSR count). The van der Waals surface area contributed by atoms with Gasteiger partial charge in [0, 0.05) is 18.0 Å². The number of rotatable bonds is 5. The number of carbonyl (C=O) groups excluding carboxylic acids is 3. The van der Waals surface area contributed by atoms with Gasteiger partial charge in [0.1, 0.15) is 11.4 Å². The molecule has 30 heavy (non-hydrogen) atoms. The van der Waals surface area contributed by atoms with Crippen LogP contribution in [0.4, 0.5) is 0 Å². The van der Waals surface area contributed by atoms with Gasteiger partial charge in [-0.1, -0.05) is 25.3 Å². The van der Waals surface area contributed by atoms with Gasteiger partial charge in [0.25, 0.3) is 11.8 Å². The van der Waals surface area contributed by atoms with Crippen LogP contribution in [0.2, 0.25) is 0 Å². The molecule has 0 bridgehead atoms. The van der Waals surface area contributed by atoms with Gasteiger partial charge < -0.3 is 10.1 Å². The van der Waals surface area contributed by atoms with Gasteiger partial charge in [0.05, 0.1) is 19.2 Å². The van der Waals surface area contributed by atoms with Crippen molar-refractivity contribution in [3.63, 3.8) is 0 Å². The summed E-state index contributed by atoms with van der Waals surface area (Å²) in [6.07, 6.45) is 3.56. The molecule has 8 nitrogen and oxygen atoms in total. The molecule has 2 amide bonds. The Labute approximate surface area is 172 Å². The molecule has 2 aromatic heterocycles. The standard InChI is InChI=1S/C22H18N4O4/c1-13(22(29)30-3)24-20(27)14(2)25-12-19-17(5-4-6-18(19)21(25)28)15-8-10-26-16(11-15)7-9-23-26/h4-11H,1-2,12H2,3H3,(H,24,27). The van der Waals surface area contributed by atoms with Gasteiger partial charge in [0.15, 0.2) is 0 Å². The third-order valence-electron chi connectivity index (χ3n) is 4.96. The maximum absolute atomic E-state index is 12.9. The fraction of sp³-hybridized carbons (Fsp3) is 0.0909. The lowest BCUT2D eigenvalue weighted by Gasteiger charge is -2.18. The summed E-state index contributed by atoms with van der Waals surface area (Å²) >= 11 is 0. The quantitative estimate of drug-likeness (QED) is 0.522. The molecule has 1 aromatic carbocycles. The number of benzene rings is 1. The summed E-state index contributed by atoms with van der Waals surface area (Å²) in [5.41, 5.74) is 3.73. The molecule has 0 radical (unpaired) electrons. The Kier molecular flexibility index (Phi) is 4.67. The van der Waals surface area contributed by atoms with Crippen LogP contribution in [0.3, 0.4) is 0 Å². The van der Waals surface area contributed by atoms with Gasteiger partial charge in [-0.3, -0.25) is 14.5 Å². The van der Waals surface area contributed by atoms with E-state index < -0.39 is 11.9 Å². The van der Waals surface area contributed by atoms with Crippen molar-refractivity contribution in [2.45, 2.75) is 6.54 Å². The maximum Gasteiger partial charge on any atom is 0.353 e. The van der Waals surface area contributed by atoms with Crippen molar-refractivity contribution in [2.24, 2.45) is 0 Å². The Morgan fingerprint density at radius 1 is 1.17 bits per heavy atom. The van der Waals surface area contributed by atoms with E-state index in [0.29, 0.717) is 5.56 Å². The number of pyridine rings is 1. The third-order valence-corrected chi connectivity index (χ3v) is 4.96. The fourth-order valence-electron chi connectivity index (χ4n) is 3.42. The number of nitrogens with zero attached hydrogens (tertiary/aromatic N) is 3. The molecule has 3 heterocycles. The number of esters is 1. The van der Waals surface area contributed by atoms with Gasteiger partial charge in [-0.2, -0.15) is 5.10 Å². The first-order valence-electron chi connectivity index (χ1n) is 9.05. The number of hydrogen-bond donors (Lipinski definition) is 1. The second-order valence-electron chi connectivity index (χ2n) is 6.71. The van der Waals surface area contributed by atoms with Gasteiger partial charge >= 0.3 is 5.97 Å². The van der Waals surface area contributed by atoms with Crippen molar-refractivity contribution >= 4 is 23.3 Å². The van der Waals surface area contributed by atoms with Gasteiger partial charge in [-0.15, -0.1) is 0 Å². The van der Waals surface area contributed by atoms with E-state index in [-0.39, 0.29) is 23.8 Å². The lowest BCUT2D eigenvalue weighted by atomic mass is 9.97. The van der Waals surface area contributed by atoms with Crippen LogP contribution >= 0.6 is 0 Å². The zero-order chi connectivity index (χ0) is 21.4. The van der Waals surface area contributed by atoms with Crippen LogP contribution in [0.1, 0.15) is 15.9 Å². The fourth-order valence-corrected chi connectivity index (χ4v) is 3.42. The molecule has 1 aliphatic rings. The molecular weight excluding hydrogens is 384 g/mol. The highest BCUT2D eigenvalue weighted by Gasteiger charge is 2.33. The average molecular weight is 402 g/mol. The number of fused-ring (bicyclic) bond motifs is 2. The van der Waals surface area contributed by atoms with Crippen molar-refractivity contribution in [1.29, 1.82) is 0 Å². The number of hydrogen-bond acceptors (Lipinski definition) is 5. The highest BCUT2D eigenvalue weighted by molar-refractivity contribution is 6.07. The molecule has 0 aliphatic carbocycles. The second-order valence-corrected chi connectivity index (χ2v) is 6.71. The first-order valence-corrected chi connectivity index (χ1v) is 9.05. The van der Waals surface area contributed by atoms with Gasteiger partial charge in [-0.05, 0) is 41.0 Å². The molecule has 0 unspecified atom stereocenters. The smallest absolute Gasteiger partial charge is 0.353 e. The lowest BCUT2D eigenvalue weighted by molar-refractivity contribution is -0.137. The van der Waals surface area contributed by atoms with Crippen LogP contribution in [0.25, 0.3) is 16.6 Å². The van der Waals surface area contributed by atoms with E-state index in [9.17, 15) is 14.4 Å². The third kappa shape index (κ3) is 3.14. The Morgan fingerprint density at radius 3 is 2.70 bits per heavy atom. The molecule has 3 aromatic rings. The van der Waals surface area contributed by atoms with Gasteiger partial charge in [0.2, 0.25) is 0 Å². The molecule has 1 aliphatic heterocycles. The van der Waals surface area contributed by atoms with E-state index in [0.717, 1.165) is 22.2 Å². The van der Waals surface area contributed by atoms with E-state index in [4.69, 9.17) is 0 Å². The van der Waals surface area contributed by atoms with Crippen LogP contribution in [0.15, 0.2) is 73.3 Å². The Morgan fingerprint density at radius 2 is 1.93 bits per heavy atom. The number of amides is 2. The summed E-state index contributed by atoms with van der Waals surface area (Å²) in [5.74, 6) is -1.81. The number of nitrogens with one attached hydrogen (secondary N) is 1. The molecule has 0 atom stereocenters. The van der Waals surface area contributed by atoms with Crippen LogP contribution in [0.5, 0.6) is 0 Å². The molecule has 150 valence electrons. The predicted octanol–water partition coefficient (Wildman–Crippen LogP) is 2.27. The lowest BCUT2D eigenvalue weighted by Crippen LogP contribution is -2.36. The molecule has 0 saturated heterocycles. The van der Waals surface area contributed by atoms with E-state index in [1.165, 1.54) is 12.0 Å². The zero-order valence-electron chi connectivity index (χ0n) is 16.2. The second kappa shape index (κ2) is 7.32. The zero-order valence-corrected chi connectivity index (χ0v) is 16.2. The van der Waals surface area contributed by atoms with Crippen molar-refractivity contribution in [1.82, 2.24) is 19.8 Å². The predicted molar refractivity (Wildman–Crippen MR) is 109 cm³/mol. The van der Waals surface area contributed by atoms with E-state index in [1.807, 2.05) is 30.5 Å². The van der Waals surface area contributed by atoms with Crippen molar-refractivity contribution in [2.75, 3.05) is 7.11 Å². The minimum Gasteiger partial charge on any atom is -0.464 e. The molecule has 0 spiro atoms. The highest BCUT2D eigenvalue weighted by atomic mass is 16.5. The van der Waals surface area contributed by atoms with Crippen molar-refractivity contribution in [3.05, 3.63) is 84.5 Å².